The predicted octanol–water partition coefficient (Wildman–Crippen LogP) is 3.03. The lowest BCUT2D eigenvalue weighted by Gasteiger charge is -2.08. The summed E-state index contributed by atoms with van der Waals surface area (Å²) in [6, 6.07) is 4.97. The number of benzene rings is 1. The molecule has 0 aliphatic heterocycles. The maximum absolute atomic E-state index is 11.5. The Bertz CT molecular complexity index is 437. The first-order valence-corrected chi connectivity index (χ1v) is 6.28. The normalized spacial score (nSPS) is 9.82. The SMILES string of the molecule is Cc1ccc(Br)c(NC(=O)NC(=O)CCCl)c1. The van der Waals surface area contributed by atoms with Crippen molar-refractivity contribution in [2.75, 3.05) is 11.2 Å². The van der Waals surface area contributed by atoms with Crippen LogP contribution in [0.1, 0.15) is 12.0 Å². The number of urea groups is 1. The predicted molar refractivity (Wildman–Crippen MR) is 71.4 cm³/mol. The number of hydrogen-bond donors (Lipinski definition) is 2. The van der Waals surface area contributed by atoms with Gasteiger partial charge in [0.25, 0.3) is 0 Å². The number of imide groups is 1. The fourth-order valence-corrected chi connectivity index (χ4v) is 1.68. The summed E-state index contributed by atoms with van der Waals surface area (Å²) >= 11 is 8.69. The first kappa shape index (κ1) is 14.0. The average molecular weight is 320 g/mol. The largest absolute Gasteiger partial charge is 0.325 e. The molecule has 0 aromatic heterocycles. The molecule has 1 aromatic rings. The molecule has 0 bridgehead atoms. The quantitative estimate of drug-likeness (QED) is 0.841. The van der Waals surface area contributed by atoms with Crippen LogP contribution in [-0.4, -0.2) is 17.8 Å². The molecule has 0 aliphatic carbocycles. The number of alkyl halides is 1. The highest BCUT2D eigenvalue weighted by Crippen LogP contribution is 2.23. The standard InChI is InChI=1S/C11H12BrClN2O2/c1-7-2-3-8(12)9(6-7)14-11(17)15-10(16)4-5-13/h2-3,6H,4-5H2,1H3,(H2,14,15,16,17). The van der Waals surface area contributed by atoms with E-state index in [9.17, 15) is 9.59 Å². The van der Waals surface area contributed by atoms with Crippen molar-refractivity contribution in [3.8, 4) is 0 Å². The molecule has 0 unspecified atom stereocenters. The summed E-state index contributed by atoms with van der Waals surface area (Å²) in [5.74, 6) is -0.214. The van der Waals surface area contributed by atoms with E-state index in [0.717, 1.165) is 10.0 Å². The van der Waals surface area contributed by atoms with Crippen LogP contribution in [0.4, 0.5) is 10.5 Å². The molecule has 2 N–H and O–H groups in total. The minimum absolute atomic E-state index is 0.115. The summed E-state index contributed by atoms with van der Waals surface area (Å²) in [5.41, 5.74) is 1.62. The highest BCUT2D eigenvalue weighted by Gasteiger charge is 2.08. The van der Waals surface area contributed by atoms with E-state index in [1.807, 2.05) is 19.1 Å². The van der Waals surface area contributed by atoms with Crippen molar-refractivity contribution in [2.45, 2.75) is 13.3 Å². The van der Waals surface area contributed by atoms with E-state index in [1.165, 1.54) is 0 Å². The molecule has 1 rings (SSSR count). The summed E-state index contributed by atoms with van der Waals surface area (Å²) in [5, 5.41) is 4.76. The first-order chi connectivity index (χ1) is 8.02. The van der Waals surface area contributed by atoms with Gasteiger partial charge >= 0.3 is 6.03 Å². The molecule has 4 nitrogen and oxygen atoms in total. The van der Waals surface area contributed by atoms with Crippen LogP contribution in [-0.2, 0) is 4.79 Å². The Hall–Kier alpha value is -1.07. The van der Waals surface area contributed by atoms with Gasteiger partial charge in [-0.3, -0.25) is 10.1 Å². The number of hydrogen-bond acceptors (Lipinski definition) is 2. The lowest BCUT2D eigenvalue weighted by Crippen LogP contribution is -2.34. The van der Waals surface area contributed by atoms with Crippen LogP contribution in [0.3, 0.4) is 0 Å². The monoisotopic (exact) mass is 318 g/mol. The smallest absolute Gasteiger partial charge is 0.307 e. The van der Waals surface area contributed by atoms with Gasteiger partial charge in [-0.25, -0.2) is 4.79 Å². The van der Waals surface area contributed by atoms with E-state index in [2.05, 4.69) is 26.6 Å². The van der Waals surface area contributed by atoms with Crippen LogP contribution in [0.2, 0.25) is 0 Å². The topological polar surface area (TPSA) is 58.2 Å². The van der Waals surface area contributed by atoms with Gasteiger partial charge in [-0.2, -0.15) is 0 Å². The van der Waals surface area contributed by atoms with Gasteiger partial charge in [-0.05, 0) is 40.5 Å². The second-order valence-corrected chi connectivity index (χ2v) is 4.66. The summed E-state index contributed by atoms with van der Waals surface area (Å²) in [7, 11) is 0. The average Bonchev–Trinajstić information content (AvgIpc) is 2.23. The number of carbonyl (C=O) groups is 2. The summed E-state index contributed by atoms with van der Waals surface area (Å²) in [6.07, 6.45) is 0.115. The Morgan fingerprint density at radius 3 is 2.76 bits per heavy atom. The van der Waals surface area contributed by atoms with Gasteiger partial charge in [-0.1, -0.05) is 6.07 Å². The van der Waals surface area contributed by atoms with Crippen molar-refractivity contribution in [3.05, 3.63) is 28.2 Å². The number of rotatable bonds is 3. The van der Waals surface area contributed by atoms with Gasteiger partial charge in [0.05, 0.1) is 5.69 Å². The Labute approximate surface area is 113 Å². The van der Waals surface area contributed by atoms with Crippen molar-refractivity contribution in [1.82, 2.24) is 5.32 Å². The Morgan fingerprint density at radius 2 is 2.12 bits per heavy atom. The van der Waals surface area contributed by atoms with Crippen LogP contribution in [0, 0.1) is 6.92 Å². The third-order valence-electron chi connectivity index (χ3n) is 1.94. The number of anilines is 1. The second kappa shape index (κ2) is 6.61. The zero-order chi connectivity index (χ0) is 12.8. The van der Waals surface area contributed by atoms with Crippen molar-refractivity contribution < 1.29 is 9.59 Å². The van der Waals surface area contributed by atoms with E-state index in [1.54, 1.807) is 6.07 Å². The lowest BCUT2D eigenvalue weighted by molar-refractivity contribution is -0.119. The summed E-state index contributed by atoms with van der Waals surface area (Å²) < 4.78 is 0.753. The number of aryl methyl sites for hydroxylation is 1. The van der Waals surface area contributed by atoms with Gasteiger partial charge in [0, 0.05) is 16.8 Å². The molecule has 92 valence electrons. The molecule has 0 atom stereocenters. The third-order valence-corrected chi connectivity index (χ3v) is 2.83. The van der Waals surface area contributed by atoms with Gasteiger partial charge in [0.1, 0.15) is 0 Å². The van der Waals surface area contributed by atoms with Crippen molar-refractivity contribution in [1.29, 1.82) is 0 Å². The van der Waals surface area contributed by atoms with E-state index >= 15 is 0 Å². The molecule has 0 saturated heterocycles. The molecule has 0 radical (unpaired) electrons. The third kappa shape index (κ3) is 4.75. The highest BCUT2D eigenvalue weighted by atomic mass is 79.9. The van der Waals surface area contributed by atoms with Crippen molar-refractivity contribution >= 4 is 45.2 Å². The van der Waals surface area contributed by atoms with Crippen LogP contribution in [0.5, 0.6) is 0 Å². The maximum atomic E-state index is 11.5. The molecule has 0 heterocycles. The molecular formula is C11H12BrClN2O2. The molecule has 3 amide bonds. The van der Waals surface area contributed by atoms with E-state index in [4.69, 9.17) is 11.6 Å². The van der Waals surface area contributed by atoms with Crippen LogP contribution >= 0.6 is 27.5 Å². The molecule has 17 heavy (non-hydrogen) atoms. The zero-order valence-corrected chi connectivity index (χ0v) is 11.6. The molecule has 0 fully saturated rings. The Morgan fingerprint density at radius 1 is 1.41 bits per heavy atom. The van der Waals surface area contributed by atoms with Crippen molar-refractivity contribution in [2.24, 2.45) is 0 Å². The fourth-order valence-electron chi connectivity index (χ4n) is 1.16. The van der Waals surface area contributed by atoms with Gasteiger partial charge in [0.15, 0.2) is 0 Å². The highest BCUT2D eigenvalue weighted by molar-refractivity contribution is 9.10. The number of carbonyl (C=O) groups excluding carboxylic acids is 2. The van der Waals surface area contributed by atoms with Crippen LogP contribution < -0.4 is 10.6 Å². The number of amides is 3. The second-order valence-electron chi connectivity index (χ2n) is 3.42. The van der Waals surface area contributed by atoms with E-state index in [0.29, 0.717) is 5.69 Å². The minimum Gasteiger partial charge on any atom is -0.307 e. The lowest BCUT2D eigenvalue weighted by atomic mass is 10.2. The Balaban J connectivity index is 2.62. The van der Waals surface area contributed by atoms with Gasteiger partial charge in [-0.15, -0.1) is 11.6 Å². The molecule has 0 aliphatic rings. The number of halogens is 2. The summed E-state index contributed by atoms with van der Waals surface area (Å²) in [6.45, 7) is 1.91. The fraction of sp³-hybridized carbons (Fsp3) is 0.273. The first-order valence-electron chi connectivity index (χ1n) is 4.96. The van der Waals surface area contributed by atoms with E-state index < -0.39 is 11.9 Å². The summed E-state index contributed by atoms with van der Waals surface area (Å²) in [4.78, 5) is 22.6. The minimum atomic E-state index is -0.564. The molecule has 1 aromatic carbocycles. The molecular weight excluding hydrogens is 307 g/mol. The van der Waals surface area contributed by atoms with Crippen LogP contribution in [0.25, 0.3) is 0 Å². The molecule has 0 saturated carbocycles. The Kier molecular flexibility index (Phi) is 5.44. The van der Waals surface area contributed by atoms with Crippen molar-refractivity contribution in [3.63, 3.8) is 0 Å². The van der Waals surface area contributed by atoms with E-state index in [-0.39, 0.29) is 12.3 Å². The molecule has 6 heteroatoms. The molecule has 0 spiro atoms. The number of nitrogens with one attached hydrogen (secondary N) is 2. The van der Waals surface area contributed by atoms with Crippen LogP contribution in [0.15, 0.2) is 22.7 Å². The van der Waals surface area contributed by atoms with Gasteiger partial charge in [0.2, 0.25) is 5.91 Å². The van der Waals surface area contributed by atoms with Gasteiger partial charge < -0.3 is 5.32 Å². The maximum Gasteiger partial charge on any atom is 0.325 e. The zero-order valence-electron chi connectivity index (χ0n) is 9.22.